The van der Waals surface area contributed by atoms with Crippen LogP contribution in [0.15, 0.2) is 18.2 Å². The predicted octanol–water partition coefficient (Wildman–Crippen LogP) is 0.689. The van der Waals surface area contributed by atoms with E-state index in [4.69, 9.17) is 10.5 Å². The third-order valence-corrected chi connectivity index (χ3v) is 3.05. The molecule has 1 aromatic rings. The molecule has 2 rings (SSSR count). The number of hydrogen-bond acceptors (Lipinski definition) is 4. The van der Waals surface area contributed by atoms with Gasteiger partial charge in [0.2, 0.25) is 0 Å². The van der Waals surface area contributed by atoms with Crippen molar-refractivity contribution in [2.75, 3.05) is 25.1 Å². The summed E-state index contributed by atoms with van der Waals surface area (Å²) >= 11 is 0. The molecule has 17 heavy (non-hydrogen) atoms. The summed E-state index contributed by atoms with van der Waals surface area (Å²) in [4.78, 5) is 13.4. The molecule has 0 saturated heterocycles. The number of rotatable bonds is 3. The van der Waals surface area contributed by atoms with Crippen LogP contribution in [0.5, 0.6) is 0 Å². The Balaban J connectivity index is 2.31. The molecule has 4 nitrogen and oxygen atoms in total. The average molecular weight is 238 g/mol. The highest BCUT2D eigenvalue weighted by atomic mass is 19.1. The van der Waals surface area contributed by atoms with Gasteiger partial charge < -0.3 is 15.4 Å². The first-order valence-corrected chi connectivity index (χ1v) is 5.50. The van der Waals surface area contributed by atoms with E-state index in [9.17, 15) is 9.18 Å². The number of anilines is 1. The molecule has 0 spiro atoms. The number of halogens is 1. The summed E-state index contributed by atoms with van der Waals surface area (Å²) in [6.45, 7) is 0.818. The molecule has 0 fully saturated rings. The minimum atomic E-state index is -0.539. The Morgan fingerprint density at radius 1 is 1.65 bits per heavy atom. The molecule has 1 heterocycles. The Morgan fingerprint density at radius 2 is 2.41 bits per heavy atom. The first-order chi connectivity index (χ1) is 8.17. The van der Waals surface area contributed by atoms with E-state index in [0.717, 1.165) is 17.7 Å². The van der Waals surface area contributed by atoms with E-state index < -0.39 is 6.04 Å². The average Bonchev–Trinajstić information content (AvgIpc) is 2.73. The van der Waals surface area contributed by atoms with E-state index in [0.29, 0.717) is 6.54 Å². The molecule has 1 aliphatic rings. The minimum Gasteiger partial charge on any atom is -0.467 e. The van der Waals surface area contributed by atoms with Gasteiger partial charge >= 0.3 is 5.97 Å². The molecular formula is C12H15FN2O2. The lowest BCUT2D eigenvalue weighted by molar-refractivity contribution is -0.141. The van der Waals surface area contributed by atoms with Gasteiger partial charge in [0.15, 0.2) is 0 Å². The van der Waals surface area contributed by atoms with Gasteiger partial charge in [-0.25, -0.2) is 9.18 Å². The van der Waals surface area contributed by atoms with Crippen molar-refractivity contribution < 1.29 is 13.9 Å². The Bertz CT molecular complexity index is 437. The van der Waals surface area contributed by atoms with Crippen LogP contribution in [0.1, 0.15) is 5.56 Å². The first kappa shape index (κ1) is 11.9. The molecule has 1 atom stereocenters. The second kappa shape index (κ2) is 4.71. The lowest BCUT2D eigenvalue weighted by atomic mass is 10.1. The molecule has 1 aliphatic heterocycles. The van der Waals surface area contributed by atoms with Crippen LogP contribution in [-0.4, -0.2) is 32.2 Å². The van der Waals surface area contributed by atoms with E-state index in [-0.39, 0.29) is 18.3 Å². The molecule has 92 valence electrons. The smallest absolute Gasteiger partial charge is 0.329 e. The Morgan fingerprint density at radius 3 is 3.06 bits per heavy atom. The van der Waals surface area contributed by atoms with Crippen molar-refractivity contribution >= 4 is 11.7 Å². The summed E-state index contributed by atoms with van der Waals surface area (Å²) in [5, 5.41) is 0. The van der Waals surface area contributed by atoms with Crippen molar-refractivity contribution in [1.29, 1.82) is 0 Å². The van der Waals surface area contributed by atoms with Crippen molar-refractivity contribution in [3.63, 3.8) is 0 Å². The Kier molecular flexibility index (Phi) is 3.28. The fourth-order valence-corrected chi connectivity index (χ4v) is 2.19. The highest BCUT2D eigenvalue weighted by molar-refractivity contribution is 5.81. The third kappa shape index (κ3) is 2.10. The number of esters is 1. The highest BCUT2D eigenvalue weighted by Crippen LogP contribution is 2.30. The van der Waals surface area contributed by atoms with E-state index in [1.165, 1.54) is 19.2 Å². The van der Waals surface area contributed by atoms with Gasteiger partial charge in [0, 0.05) is 18.8 Å². The lowest BCUT2D eigenvalue weighted by Gasteiger charge is -2.27. The van der Waals surface area contributed by atoms with Crippen molar-refractivity contribution in [1.82, 2.24) is 0 Å². The monoisotopic (exact) mass is 238 g/mol. The van der Waals surface area contributed by atoms with Crippen molar-refractivity contribution in [3.05, 3.63) is 29.6 Å². The van der Waals surface area contributed by atoms with Crippen LogP contribution in [0.25, 0.3) is 0 Å². The van der Waals surface area contributed by atoms with E-state index in [1.54, 1.807) is 6.07 Å². The summed E-state index contributed by atoms with van der Waals surface area (Å²) in [7, 11) is 1.33. The molecule has 0 saturated carbocycles. The molecule has 0 amide bonds. The summed E-state index contributed by atoms with van der Waals surface area (Å²) in [6.07, 6.45) is 0.795. The normalized spacial score (nSPS) is 15.6. The molecule has 5 heteroatoms. The maximum Gasteiger partial charge on any atom is 0.329 e. The van der Waals surface area contributed by atoms with Gasteiger partial charge in [-0.05, 0) is 24.1 Å². The zero-order chi connectivity index (χ0) is 12.4. The molecule has 0 radical (unpaired) electrons. The van der Waals surface area contributed by atoms with Gasteiger partial charge in [0.25, 0.3) is 0 Å². The molecule has 0 aliphatic carbocycles. The fourth-order valence-electron chi connectivity index (χ4n) is 2.19. The summed E-state index contributed by atoms with van der Waals surface area (Å²) in [5.74, 6) is -0.694. The standard InChI is InChI=1S/C12H15FN2O2/c1-17-12(16)11(7-14)15-5-4-8-2-3-9(13)6-10(8)15/h2-3,6,11H,4-5,7,14H2,1H3. The first-order valence-electron chi connectivity index (χ1n) is 5.50. The van der Waals surface area contributed by atoms with Gasteiger partial charge in [-0.3, -0.25) is 0 Å². The summed E-state index contributed by atoms with van der Waals surface area (Å²) in [6, 6.07) is 4.07. The van der Waals surface area contributed by atoms with Crippen LogP contribution in [0.4, 0.5) is 10.1 Å². The topological polar surface area (TPSA) is 55.6 Å². The minimum absolute atomic E-state index is 0.155. The van der Waals surface area contributed by atoms with Crippen LogP contribution >= 0.6 is 0 Å². The molecule has 1 aromatic carbocycles. The number of ether oxygens (including phenoxy) is 1. The van der Waals surface area contributed by atoms with E-state index in [2.05, 4.69) is 0 Å². The van der Waals surface area contributed by atoms with Crippen LogP contribution in [0, 0.1) is 5.82 Å². The second-order valence-corrected chi connectivity index (χ2v) is 3.99. The van der Waals surface area contributed by atoms with Crippen molar-refractivity contribution in [2.45, 2.75) is 12.5 Å². The number of nitrogens with zero attached hydrogens (tertiary/aromatic N) is 1. The molecule has 0 aromatic heterocycles. The number of nitrogens with two attached hydrogens (primary N) is 1. The number of fused-ring (bicyclic) bond motifs is 1. The van der Waals surface area contributed by atoms with Gasteiger partial charge in [0.1, 0.15) is 11.9 Å². The largest absolute Gasteiger partial charge is 0.467 e. The van der Waals surface area contributed by atoms with E-state index >= 15 is 0 Å². The lowest BCUT2D eigenvalue weighted by Crippen LogP contribution is -2.46. The molecule has 2 N–H and O–H groups in total. The van der Waals surface area contributed by atoms with Gasteiger partial charge in [-0.1, -0.05) is 6.07 Å². The molecule has 1 unspecified atom stereocenters. The number of benzene rings is 1. The SMILES string of the molecule is COC(=O)C(CN)N1CCc2ccc(F)cc21. The number of methoxy groups -OCH3 is 1. The zero-order valence-corrected chi connectivity index (χ0v) is 9.65. The Labute approximate surface area is 99.2 Å². The Hall–Kier alpha value is -1.62. The molecule has 0 bridgehead atoms. The maximum absolute atomic E-state index is 13.2. The van der Waals surface area contributed by atoms with Crippen molar-refractivity contribution in [3.8, 4) is 0 Å². The van der Waals surface area contributed by atoms with Crippen LogP contribution < -0.4 is 10.6 Å². The van der Waals surface area contributed by atoms with Gasteiger partial charge in [-0.2, -0.15) is 0 Å². The summed E-state index contributed by atoms with van der Waals surface area (Å²) in [5.41, 5.74) is 7.37. The summed E-state index contributed by atoms with van der Waals surface area (Å²) < 4.78 is 17.9. The van der Waals surface area contributed by atoms with Crippen LogP contribution in [0.3, 0.4) is 0 Å². The third-order valence-electron chi connectivity index (χ3n) is 3.05. The van der Waals surface area contributed by atoms with E-state index in [1.807, 2.05) is 4.90 Å². The highest BCUT2D eigenvalue weighted by Gasteiger charge is 2.30. The zero-order valence-electron chi connectivity index (χ0n) is 9.65. The fraction of sp³-hybridized carbons (Fsp3) is 0.417. The second-order valence-electron chi connectivity index (χ2n) is 3.99. The quantitative estimate of drug-likeness (QED) is 0.787. The van der Waals surface area contributed by atoms with Gasteiger partial charge in [-0.15, -0.1) is 0 Å². The predicted molar refractivity (Wildman–Crippen MR) is 62.3 cm³/mol. The number of carbonyl (C=O) groups is 1. The maximum atomic E-state index is 13.2. The van der Waals surface area contributed by atoms with Gasteiger partial charge in [0.05, 0.1) is 7.11 Å². The van der Waals surface area contributed by atoms with Crippen LogP contribution in [0.2, 0.25) is 0 Å². The molecular weight excluding hydrogens is 223 g/mol. The number of carbonyl (C=O) groups excluding carboxylic acids is 1. The van der Waals surface area contributed by atoms with Crippen molar-refractivity contribution in [2.24, 2.45) is 5.73 Å². The van der Waals surface area contributed by atoms with Crippen LogP contribution in [-0.2, 0) is 16.0 Å². The number of hydrogen-bond donors (Lipinski definition) is 1.